The molecule has 24 heavy (non-hydrogen) atoms. The summed E-state index contributed by atoms with van der Waals surface area (Å²) in [5, 5.41) is 0. The van der Waals surface area contributed by atoms with Gasteiger partial charge in [0.2, 0.25) is 5.88 Å². The topological polar surface area (TPSA) is 57.7 Å². The smallest absolute Gasteiger partial charge is 0.317 e. The summed E-state index contributed by atoms with van der Waals surface area (Å²) in [7, 11) is 4.62. The third-order valence-corrected chi connectivity index (χ3v) is 4.72. The van der Waals surface area contributed by atoms with Crippen molar-refractivity contribution in [2.75, 3.05) is 21.3 Å². The van der Waals surface area contributed by atoms with E-state index in [2.05, 4.69) is 4.98 Å². The molecular formula is C19H21NO4. The summed E-state index contributed by atoms with van der Waals surface area (Å²) in [6.07, 6.45) is 2.43. The minimum atomic E-state index is -0.720. The lowest BCUT2D eigenvalue weighted by Crippen LogP contribution is -2.25. The number of benzene rings is 1. The normalized spacial score (nSPS) is 21.9. The number of hydrogen-bond donors (Lipinski definition) is 0. The quantitative estimate of drug-likeness (QED) is 0.790. The molecule has 0 saturated heterocycles. The van der Waals surface area contributed by atoms with Gasteiger partial charge in [-0.2, -0.15) is 0 Å². The van der Waals surface area contributed by atoms with Crippen molar-refractivity contribution in [3.8, 4) is 11.6 Å². The molecule has 1 aliphatic carbocycles. The van der Waals surface area contributed by atoms with Gasteiger partial charge in [-0.05, 0) is 25.0 Å². The Morgan fingerprint density at radius 3 is 2.54 bits per heavy atom. The second kappa shape index (κ2) is 6.15. The van der Waals surface area contributed by atoms with Crippen LogP contribution in [0.1, 0.15) is 29.0 Å². The molecule has 1 heterocycles. The van der Waals surface area contributed by atoms with Crippen molar-refractivity contribution in [1.29, 1.82) is 0 Å². The highest BCUT2D eigenvalue weighted by atomic mass is 16.5. The highest BCUT2D eigenvalue weighted by Gasteiger charge is 2.64. The molecule has 0 spiro atoms. The first-order valence-corrected chi connectivity index (χ1v) is 7.80. The van der Waals surface area contributed by atoms with Crippen LogP contribution < -0.4 is 9.47 Å². The Balaban J connectivity index is 2.05. The van der Waals surface area contributed by atoms with Crippen LogP contribution in [0.15, 0.2) is 36.5 Å². The molecule has 1 aromatic carbocycles. The summed E-state index contributed by atoms with van der Waals surface area (Å²) in [6.45, 7) is 2.00. The maximum atomic E-state index is 12.7. The Morgan fingerprint density at radius 1 is 1.17 bits per heavy atom. The average Bonchev–Trinajstić information content (AvgIpc) is 3.38. The molecule has 3 rings (SSSR count). The van der Waals surface area contributed by atoms with Crippen LogP contribution in [0.2, 0.25) is 0 Å². The fourth-order valence-corrected chi connectivity index (χ4v) is 3.37. The predicted molar refractivity (Wildman–Crippen MR) is 89.6 cm³/mol. The number of carbonyl (C=O) groups excluding carboxylic acids is 1. The number of methoxy groups -OCH3 is 3. The van der Waals surface area contributed by atoms with E-state index >= 15 is 0 Å². The highest BCUT2D eigenvalue weighted by Crippen LogP contribution is 2.63. The van der Waals surface area contributed by atoms with Crippen LogP contribution in [-0.4, -0.2) is 32.3 Å². The molecule has 0 aliphatic heterocycles. The average molecular weight is 327 g/mol. The van der Waals surface area contributed by atoms with Crippen molar-refractivity contribution in [3.05, 3.63) is 53.2 Å². The van der Waals surface area contributed by atoms with Gasteiger partial charge in [-0.25, -0.2) is 4.98 Å². The van der Waals surface area contributed by atoms with E-state index in [4.69, 9.17) is 14.2 Å². The lowest BCUT2D eigenvalue weighted by Gasteiger charge is -2.19. The van der Waals surface area contributed by atoms with Gasteiger partial charge < -0.3 is 14.2 Å². The Hall–Kier alpha value is -2.56. The van der Waals surface area contributed by atoms with Crippen LogP contribution in [0, 0.1) is 6.92 Å². The van der Waals surface area contributed by atoms with Gasteiger partial charge >= 0.3 is 5.97 Å². The van der Waals surface area contributed by atoms with Gasteiger partial charge in [0, 0.05) is 23.7 Å². The van der Waals surface area contributed by atoms with Gasteiger partial charge in [-0.1, -0.05) is 23.8 Å². The Bertz CT molecular complexity index is 756. The van der Waals surface area contributed by atoms with Gasteiger partial charge in [-0.15, -0.1) is 0 Å². The van der Waals surface area contributed by atoms with Gasteiger partial charge in [0.25, 0.3) is 0 Å². The van der Waals surface area contributed by atoms with Gasteiger partial charge in [0.05, 0.1) is 21.3 Å². The predicted octanol–water partition coefficient (Wildman–Crippen LogP) is 3.01. The van der Waals surface area contributed by atoms with E-state index in [9.17, 15) is 4.79 Å². The third-order valence-electron chi connectivity index (χ3n) is 4.72. The van der Waals surface area contributed by atoms with E-state index in [1.807, 2.05) is 37.3 Å². The highest BCUT2D eigenvalue weighted by molar-refractivity contribution is 5.90. The first-order chi connectivity index (χ1) is 11.6. The first-order valence-electron chi connectivity index (χ1n) is 7.80. The first kappa shape index (κ1) is 16.3. The molecule has 5 heteroatoms. The van der Waals surface area contributed by atoms with Crippen molar-refractivity contribution in [3.63, 3.8) is 0 Å². The fraction of sp³-hybridized carbons (Fsp3) is 0.368. The molecule has 1 fully saturated rings. The minimum absolute atomic E-state index is 0.0130. The number of aromatic nitrogens is 1. The van der Waals surface area contributed by atoms with Crippen molar-refractivity contribution in [2.24, 2.45) is 0 Å². The van der Waals surface area contributed by atoms with Crippen molar-refractivity contribution >= 4 is 5.97 Å². The van der Waals surface area contributed by atoms with E-state index in [1.54, 1.807) is 20.4 Å². The molecule has 2 aromatic rings. The summed E-state index contributed by atoms with van der Waals surface area (Å²) < 4.78 is 15.7. The second-order valence-electron chi connectivity index (χ2n) is 6.06. The maximum Gasteiger partial charge on any atom is 0.317 e. The molecule has 1 aliphatic rings. The molecular weight excluding hydrogens is 306 g/mol. The number of rotatable bonds is 5. The van der Waals surface area contributed by atoms with Crippen molar-refractivity contribution in [1.82, 2.24) is 4.98 Å². The molecule has 1 aromatic heterocycles. The van der Waals surface area contributed by atoms with Crippen LogP contribution >= 0.6 is 0 Å². The van der Waals surface area contributed by atoms with E-state index in [0.717, 1.165) is 16.7 Å². The molecule has 0 radical (unpaired) electrons. The fourth-order valence-electron chi connectivity index (χ4n) is 3.37. The van der Waals surface area contributed by atoms with E-state index in [-0.39, 0.29) is 11.9 Å². The van der Waals surface area contributed by atoms with Crippen LogP contribution in [-0.2, 0) is 14.9 Å². The number of esters is 1. The van der Waals surface area contributed by atoms with Crippen molar-refractivity contribution in [2.45, 2.75) is 24.7 Å². The van der Waals surface area contributed by atoms with Crippen LogP contribution in [0.4, 0.5) is 0 Å². The molecule has 0 amide bonds. The molecule has 5 nitrogen and oxygen atoms in total. The zero-order valence-electron chi connectivity index (χ0n) is 14.3. The van der Waals surface area contributed by atoms with Gasteiger partial charge in [0.1, 0.15) is 11.2 Å². The number of hydrogen-bond acceptors (Lipinski definition) is 5. The molecule has 126 valence electrons. The standard InChI is InChI=1S/C19H21NO4/c1-12-5-7-16(22-2)14(9-12)19(18(21)24-4)10-15(19)13-6-8-17(23-3)20-11-13/h5-9,11,15H,10H2,1-4H3. The lowest BCUT2D eigenvalue weighted by molar-refractivity contribution is -0.143. The van der Waals surface area contributed by atoms with Gasteiger partial charge in [-0.3, -0.25) is 4.79 Å². The molecule has 1 saturated carbocycles. The Morgan fingerprint density at radius 2 is 1.96 bits per heavy atom. The van der Waals surface area contributed by atoms with Crippen LogP contribution in [0.3, 0.4) is 0 Å². The zero-order valence-corrected chi connectivity index (χ0v) is 14.3. The SMILES string of the molecule is COC(=O)C1(c2cc(C)ccc2OC)CC1c1ccc(OC)nc1. The third kappa shape index (κ3) is 2.50. The number of ether oxygens (including phenoxy) is 3. The zero-order chi connectivity index (χ0) is 17.3. The molecule has 0 bridgehead atoms. The second-order valence-corrected chi connectivity index (χ2v) is 6.06. The van der Waals surface area contributed by atoms with Crippen molar-refractivity contribution < 1.29 is 19.0 Å². The number of carbonyl (C=O) groups is 1. The van der Waals surface area contributed by atoms with Crippen LogP contribution in [0.25, 0.3) is 0 Å². The number of nitrogens with zero attached hydrogens (tertiary/aromatic N) is 1. The lowest BCUT2D eigenvalue weighted by atomic mass is 9.89. The molecule has 0 N–H and O–H groups in total. The minimum Gasteiger partial charge on any atom is -0.496 e. The summed E-state index contributed by atoms with van der Waals surface area (Å²) in [6, 6.07) is 9.63. The Kier molecular flexibility index (Phi) is 4.18. The largest absolute Gasteiger partial charge is 0.496 e. The maximum absolute atomic E-state index is 12.7. The monoisotopic (exact) mass is 327 g/mol. The van der Waals surface area contributed by atoms with E-state index in [0.29, 0.717) is 18.1 Å². The van der Waals surface area contributed by atoms with E-state index < -0.39 is 5.41 Å². The van der Waals surface area contributed by atoms with Crippen LogP contribution in [0.5, 0.6) is 11.6 Å². The summed E-state index contributed by atoms with van der Waals surface area (Å²) >= 11 is 0. The molecule has 2 unspecified atom stereocenters. The summed E-state index contributed by atoms with van der Waals surface area (Å²) in [5.74, 6) is 1.03. The number of pyridine rings is 1. The van der Waals surface area contributed by atoms with Gasteiger partial charge in [0.15, 0.2) is 0 Å². The summed E-state index contributed by atoms with van der Waals surface area (Å²) in [4.78, 5) is 16.9. The number of aryl methyl sites for hydroxylation is 1. The summed E-state index contributed by atoms with van der Waals surface area (Å²) in [5.41, 5.74) is 2.22. The molecule has 2 atom stereocenters. The Labute approximate surface area is 141 Å². The van der Waals surface area contributed by atoms with E-state index in [1.165, 1.54) is 7.11 Å².